The number of Topliss-reactive ketones (excluding diaryl/α,β-unsaturated/α-hetero) is 1. The van der Waals surface area contributed by atoms with Crippen molar-refractivity contribution in [3.63, 3.8) is 0 Å². The van der Waals surface area contributed by atoms with Crippen LogP contribution in [0.4, 0.5) is 8.78 Å². The lowest BCUT2D eigenvalue weighted by Crippen LogP contribution is -2.07. The van der Waals surface area contributed by atoms with E-state index in [0.29, 0.717) is 6.29 Å². The van der Waals surface area contributed by atoms with Gasteiger partial charge in [-0.25, -0.2) is 8.78 Å². The fraction of sp³-hybridized carbons (Fsp3) is 0.273. The molecule has 0 aliphatic carbocycles. The number of rotatable bonds is 4. The average Bonchev–Trinajstić information content (AvgIpc) is 2.26. The summed E-state index contributed by atoms with van der Waals surface area (Å²) in [5.41, 5.74) is -0.187. The van der Waals surface area contributed by atoms with Gasteiger partial charge in [0.25, 0.3) is 6.43 Å². The second-order valence-corrected chi connectivity index (χ2v) is 4.16. The van der Waals surface area contributed by atoms with Gasteiger partial charge in [0, 0.05) is 11.1 Å². The highest BCUT2D eigenvalue weighted by Crippen LogP contribution is 2.31. The molecule has 1 aromatic rings. The molecular weight excluding hydrogens is 282 g/mol. The largest absolute Gasteiger partial charge is 0.298 e. The third-order valence-corrected chi connectivity index (χ3v) is 3.29. The quantitative estimate of drug-likeness (QED) is 0.629. The van der Waals surface area contributed by atoms with Crippen LogP contribution in [0.2, 0.25) is 0 Å². The summed E-state index contributed by atoms with van der Waals surface area (Å²) in [5.74, 6) is -0.241. The highest BCUT2D eigenvalue weighted by atomic mass is 79.9. The molecule has 16 heavy (non-hydrogen) atoms. The predicted molar refractivity (Wildman–Crippen MR) is 59.1 cm³/mol. The van der Waals surface area contributed by atoms with E-state index in [0.717, 1.165) is 0 Å². The first-order valence-corrected chi connectivity index (χ1v) is 5.41. The van der Waals surface area contributed by atoms with E-state index in [1.165, 1.54) is 25.1 Å². The van der Waals surface area contributed by atoms with Crippen molar-refractivity contribution in [2.24, 2.45) is 0 Å². The zero-order valence-corrected chi connectivity index (χ0v) is 10.0. The van der Waals surface area contributed by atoms with Gasteiger partial charge in [-0.3, -0.25) is 9.59 Å². The van der Waals surface area contributed by atoms with E-state index in [-0.39, 0.29) is 22.5 Å². The van der Waals surface area contributed by atoms with Gasteiger partial charge in [-0.1, -0.05) is 34.1 Å². The van der Waals surface area contributed by atoms with Gasteiger partial charge in [0.2, 0.25) is 0 Å². The van der Waals surface area contributed by atoms with Gasteiger partial charge in [0.1, 0.15) is 5.78 Å². The lowest BCUT2D eigenvalue weighted by atomic mass is 9.98. The van der Waals surface area contributed by atoms with Crippen LogP contribution in [0.15, 0.2) is 18.2 Å². The van der Waals surface area contributed by atoms with Crippen LogP contribution in [0.25, 0.3) is 0 Å². The van der Waals surface area contributed by atoms with Crippen molar-refractivity contribution in [2.75, 3.05) is 0 Å². The number of carbonyl (C=O) groups excluding carboxylic acids is 2. The molecule has 0 bridgehead atoms. The van der Waals surface area contributed by atoms with E-state index in [2.05, 4.69) is 15.9 Å². The summed E-state index contributed by atoms with van der Waals surface area (Å²) in [4.78, 5) is 21.2. The monoisotopic (exact) mass is 290 g/mol. The van der Waals surface area contributed by atoms with Crippen LogP contribution < -0.4 is 0 Å². The Kier molecular flexibility index (Phi) is 4.29. The molecule has 1 rings (SSSR count). The van der Waals surface area contributed by atoms with Crippen LogP contribution in [0.1, 0.15) is 39.7 Å². The maximum Gasteiger partial charge on any atom is 0.264 e. The molecule has 0 saturated carbocycles. The molecular formula is C11H9BrF2O2. The molecule has 0 saturated heterocycles. The Hall–Kier alpha value is -1.10. The molecule has 0 amide bonds. The molecule has 0 spiro atoms. The second-order valence-electron chi connectivity index (χ2n) is 3.24. The van der Waals surface area contributed by atoms with Gasteiger partial charge in [0.15, 0.2) is 6.29 Å². The number of hydrogen-bond donors (Lipinski definition) is 0. The maximum absolute atomic E-state index is 12.6. The van der Waals surface area contributed by atoms with Gasteiger partial charge in [-0.05, 0) is 12.5 Å². The van der Waals surface area contributed by atoms with E-state index in [1.807, 2.05) is 0 Å². The molecule has 0 heterocycles. The van der Waals surface area contributed by atoms with Crippen molar-refractivity contribution in [1.29, 1.82) is 0 Å². The number of ketones is 1. The first-order chi connectivity index (χ1) is 7.49. The minimum absolute atomic E-state index is 0.116. The molecule has 86 valence electrons. The zero-order chi connectivity index (χ0) is 12.3. The highest BCUT2D eigenvalue weighted by Gasteiger charge is 2.21. The van der Waals surface area contributed by atoms with E-state index < -0.39 is 11.3 Å². The van der Waals surface area contributed by atoms with Gasteiger partial charge < -0.3 is 0 Å². The standard InChI is InChI=1S/C11H9BrF2O2/c1-6(16)10(12)7-3-2-4-8(11(13)14)9(7)5-15/h2-5,10-11H,1H3. The zero-order valence-electron chi connectivity index (χ0n) is 8.41. The van der Waals surface area contributed by atoms with Gasteiger partial charge >= 0.3 is 0 Å². The van der Waals surface area contributed by atoms with E-state index >= 15 is 0 Å². The molecule has 0 aromatic heterocycles. The lowest BCUT2D eigenvalue weighted by molar-refractivity contribution is -0.116. The fourth-order valence-corrected chi connectivity index (χ4v) is 1.77. The third-order valence-electron chi connectivity index (χ3n) is 2.16. The first-order valence-electron chi connectivity index (χ1n) is 4.49. The third kappa shape index (κ3) is 2.52. The molecule has 0 aliphatic rings. The van der Waals surface area contributed by atoms with Crippen molar-refractivity contribution in [3.05, 3.63) is 34.9 Å². The smallest absolute Gasteiger partial charge is 0.264 e. The first kappa shape index (κ1) is 13.0. The van der Waals surface area contributed by atoms with E-state index in [4.69, 9.17) is 0 Å². The van der Waals surface area contributed by atoms with Crippen LogP contribution >= 0.6 is 15.9 Å². The van der Waals surface area contributed by atoms with Crippen molar-refractivity contribution in [1.82, 2.24) is 0 Å². The molecule has 0 fully saturated rings. The van der Waals surface area contributed by atoms with Crippen molar-refractivity contribution in [2.45, 2.75) is 18.2 Å². The number of aldehydes is 1. The number of benzene rings is 1. The Morgan fingerprint density at radius 1 is 1.38 bits per heavy atom. The normalized spacial score (nSPS) is 12.6. The Balaban J connectivity index is 3.34. The summed E-state index contributed by atoms with van der Waals surface area (Å²) in [7, 11) is 0. The Morgan fingerprint density at radius 3 is 2.38 bits per heavy atom. The second kappa shape index (κ2) is 5.30. The van der Waals surface area contributed by atoms with Crippen LogP contribution in [-0.2, 0) is 4.79 Å². The van der Waals surface area contributed by atoms with Crippen molar-refractivity contribution < 1.29 is 18.4 Å². The summed E-state index contributed by atoms with van der Waals surface area (Å²) < 4.78 is 25.2. The van der Waals surface area contributed by atoms with Crippen molar-refractivity contribution in [3.8, 4) is 0 Å². The Bertz CT molecular complexity index is 418. The number of halogens is 3. The maximum atomic E-state index is 12.6. The molecule has 1 unspecified atom stereocenters. The van der Waals surface area contributed by atoms with Gasteiger partial charge in [0.05, 0.1) is 4.83 Å². The molecule has 0 radical (unpaired) electrons. The fourth-order valence-electron chi connectivity index (χ4n) is 1.37. The summed E-state index contributed by atoms with van der Waals surface area (Å²) >= 11 is 3.07. The number of carbonyl (C=O) groups is 2. The van der Waals surface area contributed by atoms with Crippen LogP contribution in [0.3, 0.4) is 0 Å². The summed E-state index contributed by atoms with van der Waals surface area (Å²) in [6.45, 7) is 1.32. The van der Waals surface area contributed by atoms with Crippen LogP contribution in [-0.4, -0.2) is 12.1 Å². The van der Waals surface area contributed by atoms with E-state index in [1.54, 1.807) is 0 Å². The SMILES string of the molecule is CC(=O)C(Br)c1cccc(C(F)F)c1C=O. The number of alkyl halides is 3. The van der Waals surface area contributed by atoms with Crippen molar-refractivity contribution >= 4 is 28.0 Å². The highest BCUT2D eigenvalue weighted by molar-refractivity contribution is 9.09. The molecule has 0 aliphatic heterocycles. The molecule has 1 atom stereocenters. The summed E-state index contributed by atoms with van der Waals surface area (Å²) in [6.07, 6.45) is -2.37. The summed E-state index contributed by atoms with van der Waals surface area (Å²) in [5, 5.41) is 0. The van der Waals surface area contributed by atoms with E-state index in [9.17, 15) is 18.4 Å². The molecule has 2 nitrogen and oxygen atoms in total. The molecule has 1 aromatic carbocycles. The Morgan fingerprint density at radius 2 is 1.94 bits per heavy atom. The predicted octanol–water partition coefficient (Wildman–Crippen LogP) is 3.46. The molecule has 0 N–H and O–H groups in total. The number of hydrogen-bond acceptors (Lipinski definition) is 2. The minimum atomic E-state index is -2.73. The summed E-state index contributed by atoms with van der Waals surface area (Å²) in [6, 6.07) is 4.06. The Labute approximate surface area is 99.8 Å². The van der Waals surface area contributed by atoms with Gasteiger partial charge in [-0.15, -0.1) is 0 Å². The van der Waals surface area contributed by atoms with Crippen LogP contribution in [0, 0.1) is 0 Å². The lowest BCUT2D eigenvalue weighted by Gasteiger charge is -2.12. The minimum Gasteiger partial charge on any atom is -0.298 e. The van der Waals surface area contributed by atoms with Gasteiger partial charge in [-0.2, -0.15) is 0 Å². The average molecular weight is 291 g/mol. The molecule has 5 heteroatoms. The topological polar surface area (TPSA) is 34.1 Å². The van der Waals surface area contributed by atoms with Crippen LogP contribution in [0.5, 0.6) is 0 Å².